The lowest BCUT2D eigenvalue weighted by molar-refractivity contribution is -0.141. The number of alkyl carbamates (subject to hydrolysis) is 1. The Kier molecular flexibility index (Phi) is 6.72. The SMILES string of the molecule is CCC(CNC(=O)[C@H](C)NC(=O)OCC1c2ccccc2-c2ccccc21)C(=O)O. The smallest absolute Gasteiger partial charge is 0.407 e. The van der Waals surface area contributed by atoms with Crippen LogP contribution in [0.3, 0.4) is 0 Å². The van der Waals surface area contributed by atoms with Crippen molar-refractivity contribution < 1.29 is 24.2 Å². The molecule has 2 amide bonds. The minimum absolute atomic E-state index is 0.0153. The van der Waals surface area contributed by atoms with Gasteiger partial charge in [0.2, 0.25) is 5.91 Å². The molecule has 1 unspecified atom stereocenters. The maximum absolute atomic E-state index is 12.2. The molecule has 0 spiro atoms. The van der Waals surface area contributed by atoms with Crippen LogP contribution in [0.5, 0.6) is 0 Å². The zero-order valence-electron chi connectivity index (χ0n) is 17.1. The van der Waals surface area contributed by atoms with Gasteiger partial charge in [0.1, 0.15) is 12.6 Å². The average molecular weight is 410 g/mol. The molecule has 0 radical (unpaired) electrons. The standard InChI is InChI=1S/C23H26N2O5/c1-3-15(22(27)28)12-24-21(26)14(2)25-23(29)30-13-20-18-10-6-4-8-16(18)17-9-5-7-11-19(17)20/h4-11,14-15,20H,3,12-13H2,1-2H3,(H,24,26)(H,25,29)(H,27,28)/t14-,15?/m0/s1. The van der Waals surface area contributed by atoms with Gasteiger partial charge in [0.15, 0.2) is 0 Å². The summed E-state index contributed by atoms with van der Waals surface area (Å²) in [6.07, 6.45) is -0.283. The van der Waals surface area contributed by atoms with E-state index in [0.29, 0.717) is 6.42 Å². The number of aliphatic carboxylic acids is 1. The van der Waals surface area contributed by atoms with Crippen molar-refractivity contribution in [3.8, 4) is 11.1 Å². The molecular formula is C23H26N2O5. The molecule has 0 heterocycles. The highest BCUT2D eigenvalue weighted by molar-refractivity contribution is 5.85. The van der Waals surface area contributed by atoms with Crippen LogP contribution in [0.1, 0.15) is 37.3 Å². The molecule has 7 heteroatoms. The van der Waals surface area contributed by atoms with Gasteiger partial charge in [-0.25, -0.2) is 4.79 Å². The number of carboxylic acids is 1. The van der Waals surface area contributed by atoms with E-state index in [1.807, 2.05) is 36.4 Å². The zero-order chi connectivity index (χ0) is 21.7. The fourth-order valence-corrected chi connectivity index (χ4v) is 3.67. The number of hydrogen-bond donors (Lipinski definition) is 3. The van der Waals surface area contributed by atoms with Crippen LogP contribution in [0.4, 0.5) is 4.79 Å². The number of benzene rings is 2. The van der Waals surface area contributed by atoms with Crippen molar-refractivity contribution in [2.45, 2.75) is 32.2 Å². The molecule has 30 heavy (non-hydrogen) atoms. The number of carbonyl (C=O) groups excluding carboxylic acids is 2. The maximum atomic E-state index is 12.2. The number of ether oxygens (including phenoxy) is 1. The van der Waals surface area contributed by atoms with Crippen molar-refractivity contribution in [2.24, 2.45) is 5.92 Å². The minimum atomic E-state index is -0.963. The van der Waals surface area contributed by atoms with Gasteiger partial charge in [-0.3, -0.25) is 9.59 Å². The number of carbonyl (C=O) groups is 3. The van der Waals surface area contributed by atoms with Gasteiger partial charge >= 0.3 is 12.1 Å². The second kappa shape index (κ2) is 9.43. The summed E-state index contributed by atoms with van der Waals surface area (Å²) in [7, 11) is 0. The summed E-state index contributed by atoms with van der Waals surface area (Å²) in [4.78, 5) is 35.4. The van der Waals surface area contributed by atoms with E-state index in [1.165, 1.54) is 6.92 Å². The van der Waals surface area contributed by atoms with Gasteiger partial charge in [-0.2, -0.15) is 0 Å². The predicted molar refractivity (Wildman–Crippen MR) is 112 cm³/mol. The minimum Gasteiger partial charge on any atom is -0.481 e. The Morgan fingerprint density at radius 3 is 2.13 bits per heavy atom. The number of amides is 2. The molecule has 7 nitrogen and oxygen atoms in total. The van der Waals surface area contributed by atoms with Crippen LogP contribution < -0.4 is 10.6 Å². The number of nitrogens with one attached hydrogen (secondary N) is 2. The van der Waals surface area contributed by atoms with Crippen LogP contribution in [-0.4, -0.2) is 42.3 Å². The first-order chi connectivity index (χ1) is 14.4. The molecule has 2 aromatic rings. The van der Waals surface area contributed by atoms with Crippen LogP contribution >= 0.6 is 0 Å². The highest BCUT2D eigenvalue weighted by Crippen LogP contribution is 2.44. The molecule has 158 valence electrons. The third-order valence-electron chi connectivity index (χ3n) is 5.44. The normalized spacial score (nSPS) is 14.2. The van der Waals surface area contributed by atoms with Crippen molar-refractivity contribution in [3.05, 3.63) is 59.7 Å². The molecule has 2 atom stereocenters. The maximum Gasteiger partial charge on any atom is 0.407 e. The van der Waals surface area contributed by atoms with E-state index in [4.69, 9.17) is 9.84 Å². The van der Waals surface area contributed by atoms with E-state index in [2.05, 4.69) is 22.8 Å². The Balaban J connectivity index is 1.55. The zero-order valence-corrected chi connectivity index (χ0v) is 17.1. The van der Waals surface area contributed by atoms with E-state index >= 15 is 0 Å². The summed E-state index contributed by atoms with van der Waals surface area (Å²) in [5, 5.41) is 14.1. The van der Waals surface area contributed by atoms with E-state index in [9.17, 15) is 14.4 Å². The van der Waals surface area contributed by atoms with E-state index < -0.39 is 29.9 Å². The van der Waals surface area contributed by atoms with Crippen LogP contribution in [0.2, 0.25) is 0 Å². The van der Waals surface area contributed by atoms with Gasteiger partial charge in [-0.15, -0.1) is 0 Å². The average Bonchev–Trinajstić information content (AvgIpc) is 3.06. The predicted octanol–water partition coefficient (Wildman–Crippen LogP) is 3.14. The lowest BCUT2D eigenvalue weighted by Gasteiger charge is -2.18. The molecule has 0 aromatic heterocycles. The summed E-state index contributed by atoms with van der Waals surface area (Å²) in [5.74, 6) is -2.14. The molecule has 1 aliphatic rings. The Morgan fingerprint density at radius 2 is 1.60 bits per heavy atom. The van der Waals surface area contributed by atoms with Crippen LogP contribution in [0.25, 0.3) is 11.1 Å². The van der Waals surface area contributed by atoms with Gasteiger partial charge < -0.3 is 20.5 Å². The molecule has 2 aromatic carbocycles. The van der Waals surface area contributed by atoms with Crippen LogP contribution in [0.15, 0.2) is 48.5 Å². The fourth-order valence-electron chi connectivity index (χ4n) is 3.67. The van der Waals surface area contributed by atoms with Crippen molar-refractivity contribution in [3.63, 3.8) is 0 Å². The van der Waals surface area contributed by atoms with E-state index in [-0.39, 0.29) is 19.1 Å². The fraction of sp³-hybridized carbons (Fsp3) is 0.348. The highest BCUT2D eigenvalue weighted by atomic mass is 16.5. The summed E-state index contributed by atoms with van der Waals surface area (Å²) < 4.78 is 5.42. The molecule has 0 saturated carbocycles. The molecular weight excluding hydrogens is 384 g/mol. The molecule has 0 fully saturated rings. The number of rotatable bonds is 8. The summed E-state index contributed by atoms with van der Waals surface area (Å²) in [6.45, 7) is 3.44. The van der Waals surface area contributed by atoms with Crippen molar-refractivity contribution in [1.82, 2.24) is 10.6 Å². The third-order valence-corrected chi connectivity index (χ3v) is 5.44. The first kappa shape index (κ1) is 21.4. The summed E-state index contributed by atoms with van der Waals surface area (Å²) >= 11 is 0. The number of carboxylic acid groups (broad SMARTS) is 1. The molecule has 3 N–H and O–H groups in total. The summed E-state index contributed by atoms with van der Waals surface area (Å²) in [6, 6.07) is 15.2. The van der Waals surface area contributed by atoms with Crippen molar-refractivity contribution in [1.29, 1.82) is 0 Å². The number of fused-ring (bicyclic) bond motifs is 3. The second-order valence-electron chi connectivity index (χ2n) is 7.38. The third kappa shape index (κ3) is 4.62. The Bertz CT molecular complexity index is 897. The highest BCUT2D eigenvalue weighted by Gasteiger charge is 2.29. The Hall–Kier alpha value is -3.35. The van der Waals surface area contributed by atoms with Crippen LogP contribution in [-0.2, 0) is 14.3 Å². The lowest BCUT2D eigenvalue weighted by atomic mass is 9.98. The Morgan fingerprint density at radius 1 is 1.03 bits per heavy atom. The van der Waals surface area contributed by atoms with Gasteiger partial charge in [-0.05, 0) is 35.6 Å². The quantitative estimate of drug-likeness (QED) is 0.620. The largest absolute Gasteiger partial charge is 0.481 e. The molecule has 0 saturated heterocycles. The van der Waals surface area contributed by atoms with Crippen LogP contribution in [0, 0.1) is 5.92 Å². The van der Waals surface area contributed by atoms with E-state index in [0.717, 1.165) is 22.3 Å². The lowest BCUT2D eigenvalue weighted by Crippen LogP contribution is -2.46. The monoisotopic (exact) mass is 410 g/mol. The van der Waals surface area contributed by atoms with Gasteiger partial charge in [-0.1, -0.05) is 55.5 Å². The molecule has 1 aliphatic carbocycles. The van der Waals surface area contributed by atoms with Gasteiger partial charge in [0.05, 0.1) is 5.92 Å². The Labute approximate surface area is 175 Å². The second-order valence-corrected chi connectivity index (χ2v) is 7.38. The van der Waals surface area contributed by atoms with Gasteiger partial charge in [0, 0.05) is 12.5 Å². The first-order valence-electron chi connectivity index (χ1n) is 10.0. The molecule has 0 bridgehead atoms. The molecule has 0 aliphatic heterocycles. The number of hydrogen-bond acceptors (Lipinski definition) is 4. The first-order valence-corrected chi connectivity index (χ1v) is 10.0. The van der Waals surface area contributed by atoms with E-state index in [1.54, 1.807) is 6.92 Å². The van der Waals surface area contributed by atoms with Crippen molar-refractivity contribution in [2.75, 3.05) is 13.2 Å². The van der Waals surface area contributed by atoms with Gasteiger partial charge in [0.25, 0.3) is 0 Å². The topological polar surface area (TPSA) is 105 Å². The van der Waals surface area contributed by atoms with Crippen molar-refractivity contribution >= 4 is 18.0 Å². The summed E-state index contributed by atoms with van der Waals surface area (Å²) in [5.41, 5.74) is 4.49. The molecule has 3 rings (SSSR count).